The lowest BCUT2D eigenvalue weighted by atomic mass is 10.0. The van der Waals surface area contributed by atoms with Crippen LogP contribution in [0.5, 0.6) is 0 Å². The zero-order chi connectivity index (χ0) is 13.3. The smallest absolute Gasteiger partial charge is 0.261 e. The van der Waals surface area contributed by atoms with Gasteiger partial charge in [-0.2, -0.15) is 0 Å². The number of rotatable bonds is 2. The van der Waals surface area contributed by atoms with Crippen molar-refractivity contribution in [3.8, 4) is 0 Å². The largest absolute Gasteiger partial charge is 0.353 e. The minimum atomic E-state index is -1.80. The number of amides is 1. The van der Waals surface area contributed by atoms with E-state index in [-0.39, 0.29) is 13.0 Å². The molecule has 98 valence electrons. The molecule has 1 aliphatic heterocycles. The lowest BCUT2D eigenvalue weighted by molar-refractivity contribution is -0.139. The van der Waals surface area contributed by atoms with Crippen LogP contribution in [0.2, 0.25) is 0 Å². The first-order valence-electron chi connectivity index (χ1n) is 5.88. The summed E-state index contributed by atoms with van der Waals surface area (Å²) in [6.07, 6.45) is 1.84. The maximum Gasteiger partial charge on any atom is 0.261 e. The molecule has 1 amide bonds. The maximum atomic E-state index is 14.5. The van der Waals surface area contributed by atoms with Crippen molar-refractivity contribution in [3.05, 3.63) is 18.1 Å². The van der Waals surface area contributed by atoms with E-state index in [9.17, 15) is 9.18 Å². The van der Waals surface area contributed by atoms with Crippen LogP contribution in [-0.4, -0.2) is 53.6 Å². The van der Waals surface area contributed by atoms with Crippen LogP contribution >= 0.6 is 0 Å². The molecule has 0 N–H and O–H groups in total. The topological polar surface area (TPSA) is 49.3 Å². The zero-order valence-corrected chi connectivity index (χ0v) is 10.9. The van der Waals surface area contributed by atoms with Crippen LogP contribution in [0.3, 0.4) is 0 Å². The van der Waals surface area contributed by atoms with Gasteiger partial charge in [-0.05, 0) is 13.0 Å². The van der Waals surface area contributed by atoms with Crippen molar-refractivity contribution in [2.45, 2.75) is 19.0 Å². The van der Waals surface area contributed by atoms with Gasteiger partial charge >= 0.3 is 0 Å². The van der Waals surface area contributed by atoms with Gasteiger partial charge in [-0.25, -0.2) is 14.4 Å². The molecular formula is C12H17FN4O. The van der Waals surface area contributed by atoms with Gasteiger partial charge in [-0.15, -0.1) is 0 Å². The molecule has 0 radical (unpaired) electrons. The minimum absolute atomic E-state index is 0.0560. The number of aryl methyl sites for hydroxylation is 1. The fourth-order valence-corrected chi connectivity index (χ4v) is 2.16. The minimum Gasteiger partial charge on any atom is -0.353 e. The first-order valence-corrected chi connectivity index (χ1v) is 5.88. The fourth-order valence-electron chi connectivity index (χ4n) is 2.16. The highest BCUT2D eigenvalue weighted by molar-refractivity contribution is 5.86. The summed E-state index contributed by atoms with van der Waals surface area (Å²) in [7, 11) is 3.14. The van der Waals surface area contributed by atoms with Crippen LogP contribution < -0.4 is 4.90 Å². The van der Waals surface area contributed by atoms with E-state index >= 15 is 0 Å². The Morgan fingerprint density at radius 3 is 2.89 bits per heavy atom. The van der Waals surface area contributed by atoms with Gasteiger partial charge in [-0.1, -0.05) is 0 Å². The normalized spacial score (nSPS) is 23.2. The Bertz CT molecular complexity index is 465. The Kier molecular flexibility index (Phi) is 3.19. The van der Waals surface area contributed by atoms with Gasteiger partial charge in [0.15, 0.2) is 0 Å². The first-order chi connectivity index (χ1) is 8.42. The monoisotopic (exact) mass is 252 g/mol. The predicted octanol–water partition coefficient (Wildman–Crippen LogP) is 0.792. The number of alkyl halides is 1. The standard InChI is InChI=1S/C12H17FN4O/c1-9-14-6-4-10(15-9)17-7-5-12(13,8-17)11(18)16(2)3/h4,6H,5,7-8H2,1-3H3. The number of anilines is 1. The quantitative estimate of drug-likeness (QED) is 0.781. The summed E-state index contributed by atoms with van der Waals surface area (Å²) in [5, 5.41) is 0. The second-order valence-electron chi connectivity index (χ2n) is 4.80. The number of carbonyl (C=O) groups excluding carboxylic acids is 1. The summed E-state index contributed by atoms with van der Waals surface area (Å²) in [6, 6.07) is 1.73. The second-order valence-corrected chi connectivity index (χ2v) is 4.80. The van der Waals surface area contributed by atoms with E-state index in [1.807, 2.05) is 0 Å². The molecule has 1 aromatic rings. The highest BCUT2D eigenvalue weighted by Crippen LogP contribution is 2.30. The molecule has 2 rings (SSSR count). The number of halogens is 1. The Balaban J connectivity index is 2.15. The zero-order valence-electron chi connectivity index (χ0n) is 10.9. The molecule has 0 aliphatic carbocycles. The van der Waals surface area contributed by atoms with Crippen LogP contribution in [0.25, 0.3) is 0 Å². The lowest BCUT2D eigenvalue weighted by Gasteiger charge is -2.23. The van der Waals surface area contributed by atoms with Gasteiger partial charge in [-0.3, -0.25) is 4.79 Å². The van der Waals surface area contributed by atoms with E-state index in [1.165, 1.54) is 4.90 Å². The van der Waals surface area contributed by atoms with Crippen LogP contribution in [0.1, 0.15) is 12.2 Å². The Morgan fingerprint density at radius 2 is 2.28 bits per heavy atom. The van der Waals surface area contributed by atoms with E-state index < -0.39 is 11.6 Å². The molecule has 2 heterocycles. The third-order valence-corrected chi connectivity index (χ3v) is 3.09. The van der Waals surface area contributed by atoms with Gasteiger partial charge in [0.1, 0.15) is 11.6 Å². The molecule has 0 aromatic carbocycles. The van der Waals surface area contributed by atoms with Crippen molar-refractivity contribution in [1.29, 1.82) is 0 Å². The average Bonchev–Trinajstić information content (AvgIpc) is 2.72. The third-order valence-electron chi connectivity index (χ3n) is 3.09. The molecule has 1 atom stereocenters. The third kappa shape index (κ3) is 2.27. The molecule has 18 heavy (non-hydrogen) atoms. The number of hydrogen-bond donors (Lipinski definition) is 0. The Hall–Kier alpha value is -1.72. The van der Waals surface area contributed by atoms with Crippen molar-refractivity contribution in [3.63, 3.8) is 0 Å². The van der Waals surface area contributed by atoms with Gasteiger partial charge in [0.05, 0.1) is 6.54 Å². The van der Waals surface area contributed by atoms with Crippen LogP contribution in [0.4, 0.5) is 10.2 Å². The first kappa shape index (κ1) is 12.7. The summed E-state index contributed by atoms with van der Waals surface area (Å²) >= 11 is 0. The van der Waals surface area contributed by atoms with Gasteiger partial charge in [0.2, 0.25) is 5.67 Å². The van der Waals surface area contributed by atoms with Crippen molar-refractivity contribution in [1.82, 2.24) is 14.9 Å². The van der Waals surface area contributed by atoms with Gasteiger partial charge in [0, 0.05) is 33.3 Å². The Labute approximate surface area is 106 Å². The van der Waals surface area contributed by atoms with Gasteiger partial charge < -0.3 is 9.80 Å². The molecule has 5 nitrogen and oxygen atoms in total. The number of aromatic nitrogens is 2. The number of carbonyl (C=O) groups is 1. The molecule has 1 fully saturated rings. The van der Waals surface area contributed by atoms with Crippen LogP contribution in [0.15, 0.2) is 12.3 Å². The molecule has 1 aromatic heterocycles. The predicted molar refractivity (Wildman–Crippen MR) is 66.1 cm³/mol. The number of hydrogen-bond acceptors (Lipinski definition) is 4. The maximum absolute atomic E-state index is 14.5. The van der Waals surface area contributed by atoms with Crippen molar-refractivity contribution in [2.24, 2.45) is 0 Å². The highest BCUT2D eigenvalue weighted by atomic mass is 19.1. The summed E-state index contributed by atoms with van der Waals surface area (Å²) in [4.78, 5) is 23.1. The van der Waals surface area contributed by atoms with Crippen molar-refractivity contribution < 1.29 is 9.18 Å². The summed E-state index contributed by atoms with van der Waals surface area (Å²) in [5.41, 5.74) is -1.80. The van der Waals surface area contributed by atoms with Crippen LogP contribution in [0, 0.1) is 6.92 Å². The molecule has 1 unspecified atom stereocenters. The second kappa shape index (κ2) is 4.51. The highest BCUT2D eigenvalue weighted by Gasteiger charge is 2.46. The molecule has 6 heteroatoms. The molecular weight excluding hydrogens is 235 g/mol. The van der Waals surface area contributed by atoms with E-state index in [0.717, 1.165) is 0 Å². The van der Waals surface area contributed by atoms with Crippen molar-refractivity contribution in [2.75, 3.05) is 32.1 Å². The lowest BCUT2D eigenvalue weighted by Crippen LogP contribution is -2.44. The molecule has 0 spiro atoms. The van der Waals surface area contributed by atoms with E-state index in [4.69, 9.17) is 0 Å². The Morgan fingerprint density at radius 1 is 1.56 bits per heavy atom. The molecule has 0 saturated carbocycles. The van der Waals surface area contributed by atoms with E-state index in [2.05, 4.69) is 9.97 Å². The number of nitrogens with zero attached hydrogens (tertiary/aromatic N) is 4. The van der Waals surface area contributed by atoms with E-state index in [0.29, 0.717) is 18.2 Å². The summed E-state index contributed by atoms with van der Waals surface area (Å²) in [6.45, 7) is 2.33. The molecule has 0 bridgehead atoms. The summed E-state index contributed by atoms with van der Waals surface area (Å²) < 4.78 is 14.5. The summed E-state index contributed by atoms with van der Waals surface area (Å²) in [5.74, 6) is 0.840. The fraction of sp³-hybridized carbons (Fsp3) is 0.583. The van der Waals surface area contributed by atoms with Crippen molar-refractivity contribution >= 4 is 11.7 Å². The molecule has 1 saturated heterocycles. The molecule has 1 aliphatic rings. The van der Waals surface area contributed by atoms with Gasteiger partial charge in [0.25, 0.3) is 5.91 Å². The van der Waals surface area contributed by atoms with Crippen LogP contribution in [-0.2, 0) is 4.79 Å². The SMILES string of the molecule is Cc1nccc(N2CCC(F)(C(=O)N(C)C)C2)n1. The average molecular weight is 252 g/mol. The van der Waals surface area contributed by atoms with E-state index in [1.54, 1.807) is 38.2 Å².